The summed E-state index contributed by atoms with van der Waals surface area (Å²) in [5, 5.41) is 9.50. The lowest BCUT2D eigenvalue weighted by Crippen LogP contribution is -2.44. The zero-order valence-corrected chi connectivity index (χ0v) is 8.95. The van der Waals surface area contributed by atoms with Crippen LogP contribution in [0.2, 0.25) is 0 Å². The third kappa shape index (κ3) is 3.49. The molecule has 1 heterocycles. The molecule has 1 saturated heterocycles. The molecule has 1 rings (SSSR count). The summed E-state index contributed by atoms with van der Waals surface area (Å²) in [5.41, 5.74) is 1.35. The molecule has 0 aromatic rings. The lowest BCUT2D eigenvalue weighted by Gasteiger charge is -2.35. The minimum atomic E-state index is -0.109. The predicted molar refractivity (Wildman–Crippen MR) is 55.7 cm³/mol. The maximum absolute atomic E-state index is 9.50. The molecule has 2 heteroatoms. The lowest BCUT2D eigenvalue weighted by atomic mass is 10.0. The molecular weight excluding hydrogens is 162 g/mol. The molecule has 13 heavy (non-hydrogen) atoms. The highest BCUT2D eigenvalue weighted by molar-refractivity contribution is 4.96. The van der Waals surface area contributed by atoms with Crippen molar-refractivity contribution in [2.24, 2.45) is 0 Å². The van der Waals surface area contributed by atoms with E-state index in [0.717, 1.165) is 25.9 Å². The molecule has 1 aliphatic rings. The number of rotatable bonds is 2. The number of aliphatic hydroxyl groups is 1. The van der Waals surface area contributed by atoms with Crippen LogP contribution in [0.4, 0.5) is 0 Å². The van der Waals surface area contributed by atoms with E-state index in [0.29, 0.717) is 6.04 Å². The van der Waals surface area contributed by atoms with Crippen LogP contribution in [0.5, 0.6) is 0 Å². The van der Waals surface area contributed by atoms with Crippen LogP contribution in [0.3, 0.4) is 0 Å². The second-order valence-electron chi connectivity index (χ2n) is 4.32. The third-order valence-electron chi connectivity index (χ3n) is 2.72. The summed E-state index contributed by atoms with van der Waals surface area (Å²) >= 11 is 0. The fourth-order valence-electron chi connectivity index (χ4n) is 1.71. The molecule has 0 aliphatic carbocycles. The van der Waals surface area contributed by atoms with Gasteiger partial charge in [0.2, 0.25) is 0 Å². The summed E-state index contributed by atoms with van der Waals surface area (Å²) < 4.78 is 0. The van der Waals surface area contributed by atoms with Crippen LogP contribution >= 0.6 is 0 Å². The van der Waals surface area contributed by atoms with Gasteiger partial charge in [0.15, 0.2) is 0 Å². The summed E-state index contributed by atoms with van der Waals surface area (Å²) in [5.74, 6) is 0. The van der Waals surface area contributed by atoms with Gasteiger partial charge in [-0.05, 0) is 33.6 Å². The molecule has 0 unspecified atom stereocenters. The Bertz CT molecular complexity index is 185. The molecule has 76 valence electrons. The normalized spacial score (nSPS) is 30.2. The summed E-state index contributed by atoms with van der Waals surface area (Å²) in [4.78, 5) is 2.35. The van der Waals surface area contributed by atoms with Crippen molar-refractivity contribution < 1.29 is 5.11 Å². The van der Waals surface area contributed by atoms with Gasteiger partial charge in [-0.2, -0.15) is 0 Å². The third-order valence-corrected chi connectivity index (χ3v) is 2.72. The van der Waals surface area contributed by atoms with E-state index < -0.39 is 0 Å². The van der Waals surface area contributed by atoms with Gasteiger partial charge in [-0.1, -0.05) is 11.6 Å². The number of aliphatic hydroxyl groups excluding tert-OH is 1. The van der Waals surface area contributed by atoms with E-state index in [-0.39, 0.29) is 6.10 Å². The van der Waals surface area contributed by atoms with Crippen LogP contribution in [0.25, 0.3) is 0 Å². The van der Waals surface area contributed by atoms with Gasteiger partial charge >= 0.3 is 0 Å². The Morgan fingerprint density at radius 3 is 2.77 bits per heavy atom. The zero-order valence-electron chi connectivity index (χ0n) is 8.95. The molecule has 1 N–H and O–H groups in total. The van der Waals surface area contributed by atoms with Crippen LogP contribution in [0.1, 0.15) is 33.6 Å². The molecule has 0 aromatic carbocycles. The van der Waals surface area contributed by atoms with Gasteiger partial charge in [0.1, 0.15) is 0 Å². The highest BCUT2D eigenvalue weighted by Gasteiger charge is 2.22. The van der Waals surface area contributed by atoms with Gasteiger partial charge in [-0.3, -0.25) is 4.90 Å². The molecule has 0 spiro atoms. The minimum Gasteiger partial charge on any atom is -0.392 e. The average Bonchev–Trinajstić information content (AvgIpc) is 2.06. The van der Waals surface area contributed by atoms with E-state index >= 15 is 0 Å². The Labute approximate surface area is 81.2 Å². The van der Waals surface area contributed by atoms with Crippen molar-refractivity contribution in [1.82, 2.24) is 4.90 Å². The quantitative estimate of drug-likeness (QED) is 0.660. The van der Waals surface area contributed by atoms with Gasteiger partial charge < -0.3 is 5.11 Å². The van der Waals surface area contributed by atoms with Crippen molar-refractivity contribution in [3.05, 3.63) is 11.6 Å². The van der Waals surface area contributed by atoms with Crippen LogP contribution in [0, 0.1) is 0 Å². The van der Waals surface area contributed by atoms with E-state index in [1.807, 2.05) is 0 Å². The van der Waals surface area contributed by atoms with Crippen LogP contribution < -0.4 is 0 Å². The minimum absolute atomic E-state index is 0.109. The Balaban J connectivity index is 2.42. The lowest BCUT2D eigenvalue weighted by molar-refractivity contribution is 0.0481. The maximum atomic E-state index is 9.50. The first kappa shape index (κ1) is 10.7. The Kier molecular flexibility index (Phi) is 3.94. The monoisotopic (exact) mass is 183 g/mol. The predicted octanol–water partition coefficient (Wildman–Crippen LogP) is 1.80. The van der Waals surface area contributed by atoms with Crippen molar-refractivity contribution in [2.75, 3.05) is 13.1 Å². The molecule has 1 aliphatic heterocycles. The highest BCUT2D eigenvalue weighted by atomic mass is 16.3. The van der Waals surface area contributed by atoms with Gasteiger partial charge in [-0.15, -0.1) is 0 Å². The Morgan fingerprint density at radius 1 is 1.46 bits per heavy atom. The first-order valence-electron chi connectivity index (χ1n) is 5.15. The van der Waals surface area contributed by atoms with E-state index in [1.165, 1.54) is 5.57 Å². The first-order valence-corrected chi connectivity index (χ1v) is 5.15. The fourth-order valence-corrected chi connectivity index (χ4v) is 1.71. The SMILES string of the molecule is CC(C)=CCN1C[C@H](O)CC[C@H]1C. The molecule has 0 bridgehead atoms. The standard InChI is InChI=1S/C11H21NO/c1-9(2)6-7-12-8-11(13)5-4-10(12)3/h6,10-11,13H,4-5,7-8H2,1-3H3/t10-,11-/m1/s1. The van der Waals surface area contributed by atoms with Gasteiger partial charge in [-0.25, -0.2) is 0 Å². The second kappa shape index (κ2) is 4.77. The van der Waals surface area contributed by atoms with E-state index in [9.17, 15) is 5.11 Å². The van der Waals surface area contributed by atoms with E-state index in [2.05, 4.69) is 31.7 Å². The van der Waals surface area contributed by atoms with Crippen molar-refractivity contribution >= 4 is 0 Å². The van der Waals surface area contributed by atoms with Crippen LogP contribution in [0.15, 0.2) is 11.6 Å². The molecule has 0 saturated carbocycles. The molecular formula is C11H21NO. The number of allylic oxidation sites excluding steroid dienone is 1. The Morgan fingerprint density at radius 2 is 2.15 bits per heavy atom. The summed E-state index contributed by atoms with van der Waals surface area (Å²) in [7, 11) is 0. The highest BCUT2D eigenvalue weighted by Crippen LogP contribution is 2.16. The molecule has 1 fully saturated rings. The fraction of sp³-hybridized carbons (Fsp3) is 0.818. The topological polar surface area (TPSA) is 23.5 Å². The number of likely N-dealkylation sites (tertiary alicyclic amines) is 1. The first-order chi connectivity index (χ1) is 6.09. The van der Waals surface area contributed by atoms with E-state index in [4.69, 9.17) is 0 Å². The largest absolute Gasteiger partial charge is 0.392 e. The van der Waals surface area contributed by atoms with Crippen molar-refractivity contribution in [3.8, 4) is 0 Å². The maximum Gasteiger partial charge on any atom is 0.0667 e. The molecule has 2 nitrogen and oxygen atoms in total. The van der Waals surface area contributed by atoms with Gasteiger partial charge in [0, 0.05) is 19.1 Å². The summed E-state index contributed by atoms with van der Waals surface area (Å²) in [6, 6.07) is 0.624. The number of β-amino-alcohol motifs (C(OH)–C–C–N with tert-alkyl or cyclic N) is 1. The number of piperidine rings is 1. The van der Waals surface area contributed by atoms with Gasteiger partial charge in [0.05, 0.1) is 6.10 Å². The number of nitrogens with zero attached hydrogens (tertiary/aromatic N) is 1. The molecule has 0 radical (unpaired) electrons. The summed E-state index contributed by atoms with van der Waals surface area (Å²) in [6.07, 6.45) is 4.21. The molecule has 0 aromatic heterocycles. The smallest absolute Gasteiger partial charge is 0.0667 e. The average molecular weight is 183 g/mol. The van der Waals surface area contributed by atoms with Crippen LogP contribution in [-0.4, -0.2) is 35.2 Å². The molecule has 0 amide bonds. The van der Waals surface area contributed by atoms with Crippen molar-refractivity contribution in [1.29, 1.82) is 0 Å². The van der Waals surface area contributed by atoms with E-state index in [1.54, 1.807) is 0 Å². The van der Waals surface area contributed by atoms with Crippen LogP contribution in [-0.2, 0) is 0 Å². The zero-order chi connectivity index (χ0) is 9.84. The second-order valence-corrected chi connectivity index (χ2v) is 4.32. The number of hydrogen-bond donors (Lipinski definition) is 1. The number of hydrogen-bond acceptors (Lipinski definition) is 2. The molecule has 2 atom stereocenters. The van der Waals surface area contributed by atoms with Crippen molar-refractivity contribution in [3.63, 3.8) is 0 Å². The summed E-state index contributed by atoms with van der Waals surface area (Å²) in [6.45, 7) is 8.30. The Hall–Kier alpha value is -0.340. The van der Waals surface area contributed by atoms with Gasteiger partial charge in [0.25, 0.3) is 0 Å². The van der Waals surface area contributed by atoms with Crippen molar-refractivity contribution in [2.45, 2.75) is 45.8 Å².